The second-order valence-electron chi connectivity index (χ2n) is 3.36. The van der Waals surface area contributed by atoms with E-state index in [4.69, 9.17) is 0 Å². The SMILES string of the molecule is CC(C)(N[SH](=O)=O)c1ccccc1. The smallest absolute Gasteiger partial charge is 0.202 e. The Morgan fingerprint density at radius 1 is 1.15 bits per heavy atom. The molecule has 0 aromatic heterocycles. The summed E-state index contributed by atoms with van der Waals surface area (Å²) in [6, 6.07) is 9.46. The highest BCUT2D eigenvalue weighted by Gasteiger charge is 2.19. The van der Waals surface area contributed by atoms with Gasteiger partial charge in [-0.05, 0) is 19.4 Å². The third kappa shape index (κ3) is 2.82. The fourth-order valence-electron chi connectivity index (χ4n) is 1.15. The van der Waals surface area contributed by atoms with E-state index in [1.54, 1.807) is 0 Å². The van der Waals surface area contributed by atoms with Crippen LogP contribution < -0.4 is 4.72 Å². The van der Waals surface area contributed by atoms with Crippen molar-refractivity contribution in [3.05, 3.63) is 35.9 Å². The molecule has 1 rings (SSSR count). The van der Waals surface area contributed by atoms with Crippen LogP contribution in [0.3, 0.4) is 0 Å². The highest BCUT2D eigenvalue weighted by Crippen LogP contribution is 2.18. The molecular formula is C9H13NO2S. The zero-order chi connectivity index (χ0) is 9.90. The molecule has 0 fully saturated rings. The van der Waals surface area contributed by atoms with Crippen LogP contribution in [0.2, 0.25) is 0 Å². The lowest BCUT2D eigenvalue weighted by molar-refractivity contribution is 0.482. The van der Waals surface area contributed by atoms with Crippen molar-refractivity contribution in [3.8, 4) is 0 Å². The molecule has 0 bridgehead atoms. The molecule has 0 saturated carbocycles. The Hall–Kier alpha value is -0.870. The minimum atomic E-state index is -2.56. The van der Waals surface area contributed by atoms with Crippen molar-refractivity contribution in [2.75, 3.05) is 0 Å². The molecule has 0 aliphatic carbocycles. The number of thiol groups is 1. The molecule has 0 amide bonds. The highest BCUT2D eigenvalue weighted by molar-refractivity contribution is 7.70. The van der Waals surface area contributed by atoms with Crippen LogP contribution in [0.25, 0.3) is 0 Å². The largest absolute Gasteiger partial charge is 0.215 e. The standard InChI is InChI=1S/C9H13NO2S/c1-9(2,10-13(11)12)8-6-4-3-5-7-8/h3-7,13H,1-2H3,(H,10,11,12). The lowest BCUT2D eigenvalue weighted by Crippen LogP contribution is -2.35. The highest BCUT2D eigenvalue weighted by atomic mass is 32.2. The summed E-state index contributed by atoms with van der Waals surface area (Å²) in [5.41, 5.74) is 0.422. The van der Waals surface area contributed by atoms with Crippen molar-refractivity contribution in [1.82, 2.24) is 4.72 Å². The molecule has 0 aliphatic heterocycles. The molecule has 72 valence electrons. The van der Waals surface area contributed by atoms with Crippen molar-refractivity contribution < 1.29 is 8.42 Å². The van der Waals surface area contributed by atoms with Crippen molar-refractivity contribution in [2.45, 2.75) is 19.4 Å². The van der Waals surface area contributed by atoms with E-state index in [0.29, 0.717) is 0 Å². The van der Waals surface area contributed by atoms with Crippen molar-refractivity contribution in [2.24, 2.45) is 0 Å². The van der Waals surface area contributed by atoms with Crippen LogP contribution in [0, 0.1) is 0 Å². The Bertz CT molecular complexity index is 336. The molecule has 0 heterocycles. The van der Waals surface area contributed by atoms with Crippen molar-refractivity contribution >= 4 is 10.9 Å². The molecule has 1 aromatic carbocycles. The van der Waals surface area contributed by atoms with E-state index in [2.05, 4.69) is 4.72 Å². The molecule has 3 nitrogen and oxygen atoms in total. The van der Waals surface area contributed by atoms with E-state index in [1.165, 1.54) is 0 Å². The Morgan fingerprint density at radius 3 is 2.15 bits per heavy atom. The van der Waals surface area contributed by atoms with Gasteiger partial charge in [0, 0.05) is 0 Å². The third-order valence-electron chi connectivity index (χ3n) is 1.87. The van der Waals surface area contributed by atoms with E-state index in [9.17, 15) is 8.42 Å². The summed E-state index contributed by atoms with van der Waals surface area (Å²) in [6.07, 6.45) is 0. The Labute approximate surface area is 79.9 Å². The maximum absolute atomic E-state index is 10.5. The summed E-state index contributed by atoms with van der Waals surface area (Å²) in [5, 5.41) is 0. The van der Waals surface area contributed by atoms with Gasteiger partial charge in [-0.15, -0.1) is 0 Å². The minimum Gasteiger partial charge on any atom is -0.215 e. The van der Waals surface area contributed by atoms with Gasteiger partial charge < -0.3 is 0 Å². The molecule has 0 aliphatic rings. The monoisotopic (exact) mass is 199 g/mol. The third-order valence-corrected chi connectivity index (χ3v) is 2.61. The molecule has 1 aromatic rings. The molecule has 0 radical (unpaired) electrons. The number of hydrogen-bond donors (Lipinski definition) is 2. The summed E-state index contributed by atoms with van der Waals surface area (Å²) in [4.78, 5) is 0. The lowest BCUT2D eigenvalue weighted by Gasteiger charge is -2.23. The summed E-state index contributed by atoms with van der Waals surface area (Å²) in [7, 11) is -2.56. The molecule has 0 spiro atoms. The lowest BCUT2D eigenvalue weighted by atomic mass is 9.96. The summed E-state index contributed by atoms with van der Waals surface area (Å²) < 4.78 is 23.5. The van der Waals surface area contributed by atoms with E-state index in [-0.39, 0.29) is 0 Å². The zero-order valence-electron chi connectivity index (χ0n) is 7.65. The Kier molecular flexibility index (Phi) is 3.06. The average molecular weight is 199 g/mol. The van der Waals surface area contributed by atoms with Gasteiger partial charge in [0.1, 0.15) is 0 Å². The number of nitrogens with one attached hydrogen (secondary N) is 1. The molecule has 0 unspecified atom stereocenters. The minimum absolute atomic E-state index is 0.531. The predicted octanol–water partition coefficient (Wildman–Crippen LogP) is 1.04. The van der Waals surface area contributed by atoms with Gasteiger partial charge >= 0.3 is 0 Å². The van der Waals surface area contributed by atoms with Crippen LogP contribution in [0.5, 0.6) is 0 Å². The van der Waals surface area contributed by atoms with Gasteiger partial charge in [-0.2, -0.15) is 0 Å². The maximum Gasteiger partial charge on any atom is 0.202 e. The van der Waals surface area contributed by atoms with E-state index >= 15 is 0 Å². The fourth-order valence-corrected chi connectivity index (χ4v) is 1.73. The van der Waals surface area contributed by atoms with Gasteiger partial charge in [-0.3, -0.25) is 0 Å². The van der Waals surface area contributed by atoms with E-state index in [0.717, 1.165) is 5.56 Å². The molecule has 0 saturated heterocycles. The molecule has 0 atom stereocenters. The van der Waals surface area contributed by atoms with Crippen LogP contribution in [0.4, 0.5) is 0 Å². The topological polar surface area (TPSA) is 46.2 Å². The van der Waals surface area contributed by atoms with Crippen LogP contribution in [0.15, 0.2) is 30.3 Å². The zero-order valence-corrected chi connectivity index (χ0v) is 8.54. The first-order valence-corrected chi connectivity index (χ1v) is 5.18. The van der Waals surface area contributed by atoms with Gasteiger partial charge in [0.05, 0.1) is 5.54 Å². The number of benzene rings is 1. The summed E-state index contributed by atoms with van der Waals surface area (Å²) in [5.74, 6) is 0. The van der Waals surface area contributed by atoms with Crippen LogP contribution >= 0.6 is 0 Å². The molecule has 1 N–H and O–H groups in total. The average Bonchev–Trinajstić information content (AvgIpc) is 2.04. The van der Waals surface area contributed by atoms with Crippen LogP contribution in [0.1, 0.15) is 19.4 Å². The predicted molar refractivity (Wildman–Crippen MR) is 52.9 cm³/mol. The second-order valence-corrected chi connectivity index (χ2v) is 4.10. The molecule has 13 heavy (non-hydrogen) atoms. The van der Waals surface area contributed by atoms with Gasteiger partial charge in [0.2, 0.25) is 10.9 Å². The van der Waals surface area contributed by atoms with Gasteiger partial charge in [0.25, 0.3) is 0 Å². The van der Waals surface area contributed by atoms with Gasteiger partial charge in [0.15, 0.2) is 0 Å². The van der Waals surface area contributed by atoms with Crippen molar-refractivity contribution in [3.63, 3.8) is 0 Å². The fraction of sp³-hybridized carbons (Fsp3) is 0.333. The first kappa shape index (κ1) is 10.2. The summed E-state index contributed by atoms with van der Waals surface area (Å²) in [6.45, 7) is 3.65. The van der Waals surface area contributed by atoms with Crippen molar-refractivity contribution in [1.29, 1.82) is 0 Å². The van der Waals surface area contributed by atoms with Crippen LogP contribution in [-0.2, 0) is 16.4 Å². The first-order valence-electron chi connectivity index (χ1n) is 4.00. The Balaban J connectivity index is 2.93. The molecular weight excluding hydrogens is 186 g/mol. The van der Waals surface area contributed by atoms with E-state index in [1.807, 2.05) is 44.2 Å². The van der Waals surface area contributed by atoms with Gasteiger partial charge in [-0.25, -0.2) is 13.1 Å². The normalized spacial score (nSPS) is 11.9. The Morgan fingerprint density at radius 2 is 1.69 bits per heavy atom. The number of hydrogen-bond acceptors (Lipinski definition) is 2. The number of rotatable bonds is 3. The van der Waals surface area contributed by atoms with E-state index < -0.39 is 16.4 Å². The quantitative estimate of drug-likeness (QED) is 0.714. The molecule has 4 heteroatoms. The van der Waals surface area contributed by atoms with Gasteiger partial charge in [-0.1, -0.05) is 30.3 Å². The second kappa shape index (κ2) is 3.89. The van der Waals surface area contributed by atoms with Crippen LogP contribution in [-0.4, -0.2) is 8.42 Å². The summed E-state index contributed by atoms with van der Waals surface area (Å²) >= 11 is 0. The maximum atomic E-state index is 10.5. The first-order chi connectivity index (χ1) is 6.02.